The second kappa shape index (κ2) is 7.13. The van der Waals surface area contributed by atoms with Crippen LogP contribution in [0, 0.1) is 5.92 Å². The minimum Gasteiger partial charge on any atom is -0.336 e. The summed E-state index contributed by atoms with van der Waals surface area (Å²) in [7, 11) is 0. The van der Waals surface area contributed by atoms with Crippen LogP contribution in [0.5, 0.6) is 0 Å². The van der Waals surface area contributed by atoms with Crippen LogP contribution in [0.4, 0.5) is 4.79 Å². The van der Waals surface area contributed by atoms with Gasteiger partial charge in [-0.2, -0.15) is 5.10 Å². The maximum atomic E-state index is 12.3. The molecule has 0 spiro atoms. The van der Waals surface area contributed by atoms with Crippen LogP contribution in [0.15, 0.2) is 12.3 Å². The van der Waals surface area contributed by atoms with Gasteiger partial charge in [-0.25, -0.2) is 4.79 Å². The molecule has 0 aromatic carbocycles. The molecule has 1 saturated carbocycles. The summed E-state index contributed by atoms with van der Waals surface area (Å²) in [5.41, 5.74) is 1.28. The first-order valence-corrected chi connectivity index (χ1v) is 9.57. The third kappa shape index (κ3) is 3.43. The van der Waals surface area contributed by atoms with Crippen LogP contribution in [0.25, 0.3) is 0 Å². The second-order valence-corrected chi connectivity index (χ2v) is 7.65. The summed E-state index contributed by atoms with van der Waals surface area (Å²) in [6.07, 6.45) is 9.71. The van der Waals surface area contributed by atoms with E-state index in [9.17, 15) is 4.79 Å². The van der Waals surface area contributed by atoms with Gasteiger partial charge in [0.1, 0.15) is 0 Å². The normalized spacial score (nSPS) is 25.2. The molecule has 132 valence electrons. The Kier molecular flexibility index (Phi) is 4.74. The molecule has 1 atom stereocenters. The fourth-order valence-electron chi connectivity index (χ4n) is 4.55. The van der Waals surface area contributed by atoms with E-state index in [4.69, 9.17) is 0 Å². The third-order valence-corrected chi connectivity index (χ3v) is 5.83. The first-order valence-electron chi connectivity index (χ1n) is 9.57. The predicted octanol–water partition coefficient (Wildman–Crippen LogP) is 2.24. The highest BCUT2D eigenvalue weighted by Crippen LogP contribution is 2.28. The van der Waals surface area contributed by atoms with Gasteiger partial charge in [-0.3, -0.25) is 9.58 Å². The van der Waals surface area contributed by atoms with Crippen molar-refractivity contribution in [2.75, 3.05) is 32.7 Å². The highest BCUT2D eigenvalue weighted by Gasteiger charge is 2.29. The first kappa shape index (κ1) is 15.9. The van der Waals surface area contributed by atoms with Crippen LogP contribution in [0.1, 0.15) is 50.3 Å². The molecule has 1 saturated heterocycles. The Morgan fingerprint density at radius 2 is 2.00 bits per heavy atom. The van der Waals surface area contributed by atoms with Crippen molar-refractivity contribution in [3.8, 4) is 0 Å². The topological polar surface area (TPSA) is 53.4 Å². The molecule has 4 rings (SSSR count). The molecule has 0 radical (unpaired) electrons. The molecule has 1 aromatic rings. The molecular formula is C18H29N5O. The lowest BCUT2D eigenvalue weighted by atomic mass is 10.1. The van der Waals surface area contributed by atoms with Crippen molar-refractivity contribution in [1.82, 2.24) is 24.9 Å². The second-order valence-electron chi connectivity index (χ2n) is 7.65. The Bertz CT molecular complexity index is 560. The Balaban J connectivity index is 1.36. The van der Waals surface area contributed by atoms with Crippen LogP contribution in [-0.4, -0.2) is 58.3 Å². The van der Waals surface area contributed by atoms with Crippen LogP contribution in [0.3, 0.4) is 0 Å². The number of aromatic nitrogens is 2. The van der Waals surface area contributed by atoms with E-state index in [-0.39, 0.29) is 12.1 Å². The fraction of sp³-hybridized carbons (Fsp3) is 0.778. The molecule has 0 bridgehead atoms. The van der Waals surface area contributed by atoms with Crippen molar-refractivity contribution >= 4 is 6.03 Å². The minimum absolute atomic E-state index is 0.0918. The van der Waals surface area contributed by atoms with Gasteiger partial charge < -0.3 is 10.2 Å². The van der Waals surface area contributed by atoms with Gasteiger partial charge in [-0.1, -0.05) is 12.8 Å². The predicted molar refractivity (Wildman–Crippen MR) is 92.7 cm³/mol. The lowest BCUT2D eigenvalue weighted by Gasteiger charge is -2.35. The van der Waals surface area contributed by atoms with E-state index in [2.05, 4.69) is 26.1 Å². The SMILES string of the molecule is O=C(NC[C@H]1CN(CC2CCCC2)Cc2ccnn21)N1CCCC1. The summed E-state index contributed by atoms with van der Waals surface area (Å²) in [5, 5.41) is 7.64. The average molecular weight is 331 g/mol. The van der Waals surface area contributed by atoms with Crippen molar-refractivity contribution in [3.05, 3.63) is 18.0 Å². The van der Waals surface area contributed by atoms with Crippen LogP contribution < -0.4 is 5.32 Å². The Hall–Kier alpha value is -1.56. The third-order valence-electron chi connectivity index (χ3n) is 5.83. The number of fused-ring (bicyclic) bond motifs is 1. The van der Waals surface area contributed by atoms with E-state index >= 15 is 0 Å². The Morgan fingerprint density at radius 3 is 2.79 bits per heavy atom. The number of nitrogens with one attached hydrogen (secondary N) is 1. The largest absolute Gasteiger partial charge is 0.336 e. The molecule has 2 aliphatic heterocycles. The molecule has 24 heavy (non-hydrogen) atoms. The van der Waals surface area contributed by atoms with Crippen molar-refractivity contribution < 1.29 is 4.79 Å². The molecule has 2 amide bonds. The lowest BCUT2D eigenvalue weighted by Crippen LogP contribution is -2.46. The number of likely N-dealkylation sites (tertiary alicyclic amines) is 1. The Labute approximate surface area is 144 Å². The van der Waals surface area contributed by atoms with Gasteiger partial charge in [0.25, 0.3) is 0 Å². The summed E-state index contributed by atoms with van der Waals surface area (Å²) in [6, 6.07) is 2.46. The van der Waals surface area contributed by atoms with Gasteiger partial charge in [0.15, 0.2) is 0 Å². The summed E-state index contributed by atoms with van der Waals surface area (Å²) in [4.78, 5) is 16.8. The van der Waals surface area contributed by atoms with Gasteiger partial charge >= 0.3 is 6.03 Å². The fourth-order valence-corrected chi connectivity index (χ4v) is 4.55. The van der Waals surface area contributed by atoms with Crippen LogP contribution >= 0.6 is 0 Å². The summed E-state index contributed by atoms with van der Waals surface area (Å²) in [6.45, 7) is 5.65. The molecule has 6 heteroatoms. The van der Waals surface area contributed by atoms with Crippen LogP contribution in [0.2, 0.25) is 0 Å². The standard InChI is InChI=1S/C18H29N5O/c24-18(22-9-3-4-10-22)19-11-17-14-21(12-15-5-1-2-6-15)13-16-7-8-20-23(16)17/h7-8,15,17H,1-6,9-14H2,(H,19,24)/t17-/m0/s1. The number of carbonyl (C=O) groups is 1. The maximum Gasteiger partial charge on any atom is 0.317 e. The molecule has 6 nitrogen and oxygen atoms in total. The first-order chi connectivity index (χ1) is 11.8. The van der Waals surface area contributed by atoms with E-state index in [1.165, 1.54) is 37.9 Å². The average Bonchev–Trinajstić information content (AvgIpc) is 3.32. The number of carbonyl (C=O) groups excluding carboxylic acids is 1. The minimum atomic E-state index is 0.0918. The van der Waals surface area contributed by atoms with Crippen molar-refractivity contribution in [2.45, 2.75) is 51.1 Å². The van der Waals surface area contributed by atoms with Gasteiger partial charge in [-0.15, -0.1) is 0 Å². The molecule has 2 fully saturated rings. The molecule has 1 aliphatic carbocycles. The van der Waals surface area contributed by atoms with Gasteiger partial charge in [-0.05, 0) is 37.7 Å². The zero-order valence-corrected chi connectivity index (χ0v) is 14.5. The molecule has 1 N–H and O–H groups in total. The zero-order valence-electron chi connectivity index (χ0n) is 14.5. The summed E-state index contributed by atoms with van der Waals surface area (Å²) in [5.74, 6) is 0.860. The zero-order chi connectivity index (χ0) is 16.4. The van der Waals surface area contributed by atoms with E-state index in [0.29, 0.717) is 6.54 Å². The highest BCUT2D eigenvalue weighted by molar-refractivity contribution is 5.74. The summed E-state index contributed by atoms with van der Waals surface area (Å²) < 4.78 is 2.12. The molecular weight excluding hydrogens is 302 g/mol. The molecule has 1 aromatic heterocycles. The van der Waals surface area contributed by atoms with Crippen molar-refractivity contribution in [3.63, 3.8) is 0 Å². The maximum absolute atomic E-state index is 12.3. The van der Waals surface area contributed by atoms with E-state index in [1.807, 2.05) is 11.1 Å². The number of hydrogen-bond acceptors (Lipinski definition) is 3. The molecule has 3 aliphatic rings. The summed E-state index contributed by atoms with van der Waals surface area (Å²) >= 11 is 0. The number of rotatable bonds is 4. The Morgan fingerprint density at radius 1 is 1.21 bits per heavy atom. The van der Waals surface area contributed by atoms with E-state index in [1.54, 1.807) is 0 Å². The number of hydrogen-bond donors (Lipinski definition) is 1. The van der Waals surface area contributed by atoms with Gasteiger partial charge in [0, 0.05) is 45.5 Å². The number of nitrogens with zero attached hydrogens (tertiary/aromatic N) is 4. The molecule has 3 heterocycles. The monoisotopic (exact) mass is 331 g/mol. The molecule has 0 unspecified atom stereocenters. The smallest absolute Gasteiger partial charge is 0.317 e. The van der Waals surface area contributed by atoms with E-state index < -0.39 is 0 Å². The number of urea groups is 1. The van der Waals surface area contributed by atoms with Crippen LogP contribution in [-0.2, 0) is 6.54 Å². The highest BCUT2D eigenvalue weighted by atomic mass is 16.2. The van der Waals surface area contributed by atoms with E-state index in [0.717, 1.165) is 44.9 Å². The van der Waals surface area contributed by atoms with Crippen molar-refractivity contribution in [2.24, 2.45) is 5.92 Å². The van der Waals surface area contributed by atoms with Gasteiger partial charge in [0.05, 0.1) is 11.7 Å². The van der Waals surface area contributed by atoms with Crippen molar-refractivity contribution in [1.29, 1.82) is 0 Å². The van der Waals surface area contributed by atoms with Gasteiger partial charge in [0.2, 0.25) is 0 Å². The quantitative estimate of drug-likeness (QED) is 0.920. The lowest BCUT2D eigenvalue weighted by molar-refractivity contribution is 0.148. The number of amides is 2.